The lowest BCUT2D eigenvalue weighted by Gasteiger charge is -2.35. The fourth-order valence-corrected chi connectivity index (χ4v) is 3.54. The van der Waals surface area contributed by atoms with Crippen LogP contribution in [0.4, 0.5) is 0 Å². The summed E-state index contributed by atoms with van der Waals surface area (Å²) in [5.74, 6) is 0.332. The molecule has 6 nitrogen and oxygen atoms in total. The molecule has 2 aliphatic heterocycles. The molecule has 3 rings (SSSR count). The first-order valence-electron chi connectivity index (χ1n) is 9.07. The molecule has 1 aromatic rings. The van der Waals surface area contributed by atoms with Crippen molar-refractivity contribution in [1.82, 2.24) is 4.90 Å². The van der Waals surface area contributed by atoms with Crippen LogP contribution in [-0.2, 0) is 9.53 Å². The number of primary amides is 1. The molecule has 0 aliphatic carbocycles. The van der Waals surface area contributed by atoms with Crippen molar-refractivity contribution in [2.75, 3.05) is 19.8 Å². The third kappa shape index (κ3) is 4.72. The summed E-state index contributed by atoms with van der Waals surface area (Å²) in [6.45, 7) is 2.03. The number of ether oxygens (including phenoxy) is 2. The smallest absolute Gasteiger partial charge is 0.254 e. The van der Waals surface area contributed by atoms with Gasteiger partial charge in [0.25, 0.3) is 5.91 Å². The maximum atomic E-state index is 12.8. The van der Waals surface area contributed by atoms with Crippen LogP contribution in [0.25, 0.3) is 0 Å². The number of piperidine rings is 1. The van der Waals surface area contributed by atoms with E-state index in [1.807, 2.05) is 12.1 Å². The van der Waals surface area contributed by atoms with E-state index in [1.165, 1.54) is 0 Å². The number of amides is 2. The van der Waals surface area contributed by atoms with Gasteiger partial charge in [-0.1, -0.05) is 0 Å². The summed E-state index contributed by atoms with van der Waals surface area (Å²) >= 11 is 0. The van der Waals surface area contributed by atoms with E-state index in [9.17, 15) is 9.59 Å². The van der Waals surface area contributed by atoms with Gasteiger partial charge in [0.2, 0.25) is 5.91 Å². The van der Waals surface area contributed by atoms with Crippen LogP contribution in [0, 0.1) is 0 Å². The summed E-state index contributed by atoms with van der Waals surface area (Å²) in [6, 6.07) is 7.10. The van der Waals surface area contributed by atoms with Crippen molar-refractivity contribution in [1.29, 1.82) is 0 Å². The average molecular weight is 346 g/mol. The average Bonchev–Trinajstić information content (AvgIpc) is 3.13. The van der Waals surface area contributed by atoms with Gasteiger partial charge in [-0.15, -0.1) is 0 Å². The Morgan fingerprint density at radius 3 is 2.64 bits per heavy atom. The van der Waals surface area contributed by atoms with Crippen molar-refractivity contribution in [2.45, 2.75) is 50.7 Å². The van der Waals surface area contributed by atoms with E-state index in [4.69, 9.17) is 15.2 Å². The van der Waals surface area contributed by atoms with Crippen molar-refractivity contribution in [2.24, 2.45) is 5.73 Å². The molecule has 2 saturated heterocycles. The number of rotatable bonds is 6. The first kappa shape index (κ1) is 17.7. The zero-order valence-electron chi connectivity index (χ0n) is 14.5. The Labute approximate surface area is 148 Å². The Balaban J connectivity index is 1.59. The molecule has 2 amide bonds. The molecule has 0 radical (unpaired) electrons. The highest BCUT2D eigenvalue weighted by molar-refractivity contribution is 5.95. The number of carbonyl (C=O) groups excluding carboxylic acids is 2. The van der Waals surface area contributed by atoms with Crippen LogP contribution >= 0.6 is 0 Å². The van der Waals surface area contributed by atoms with Gasteiger partial charge in [-0.25, -0.2) is 0 Å². The molecule has 2 unspecified atom stereocenters. The van der Waals surface area contributed by atoms with Crippen LogP contribution in [0.15, 0.2) is 24.3 Å². The van der Waals surface area contributed by atoms with Crippen LogP contribution in [0.3, 0.4) is 0 Å². The van der Waals surface area contributed by atoms with Crippen LogP contribution in [0.1, 0.15) is 48.9 Å². The lowest BCUT2D eigenvalue weighted by Crippen LogP contribution is -2.45. The van der Waals surface area contributed by atoms with Crippen molar-refractivity contribution in [3.8, 4) is 5.75 Å². The second-order valence-corrected chi connectivity index (χ2v) is 6.79. The molecular weight excluding hydrogens is 320 g/mol. The Bertz CT molecular complexity index is 596. The molecule has 0 aromatic heterocycles. The Hall–Kier alpha value is -2.08. The number of carbonyl (C=O) groups is 2. The molecule has 2 aliphatic rings. The number of likely N-dealkylation sites (tertiary alicyclic amines) is 1. The minimum absolute atomic E-state index is 0.0448. The van der Waals surface area contributed by atoms with Crippen molar-refractivity contribution < 1.29 is 19.1 Å². The highest BCUT2D eigenvalue weighted by atomic mass is 16.5. The van der Waals surface area contributed by atoms with E-state index >= 15 is 0 Å². The van der Waals surface area contributed by atoms with Gasteiger partial charge in [-0.05, 0) is 56.4 Å². The summed E-state index contributed by atoms with van der Waals surface area (Å²) in [7, 11) is 0. The van der Waals surface area contributed by atoms with Gasteiger partial charge in [0, 0.05) is 31.2 Å². The Kier molecular flexibility index (Phi) is 5.91. The minimum atomic E-state index is -0.359. The first-order chi connectivity index (χ1) is 12.1. The number of nitrogens with two attached hydrogens (primary N) is 1. The third-order valence-electron chi connectivity index (χ3n) is 4.89. The van der Waals surface area contributed by atoms with Gasteiger partial charge in [-0.3, -0.25) is 9.59 Å². The molecule has 2 N–H and O–H groups in total. The van der Waals surface area contributed by atoms with Crippen LogP contribution < -0.4 is 10.5 Å². The van der Waals surface area contributed by atoms with E-state index < -0.39 is 0 Å². The quantitative estimate of drug-likeness (QED) is 0.855. The van der Waals surface area contributed by atoms with Crippen LogP contribution in [-0.4, -0.2) is 48.6 Å². The number of nitrogens with zero attached hydrogens (tertiary/aromatic N) is 1. The van der Waals surface area contributed by atoms with E-state index in [2.05, 4.69) is 0 Å². The second kappa shape index (κ2) is 8.34. The zero-order chi connectivity index (χ0) is 17.6. The zero-order valence-corrected chi connectivity index (χ0v) is 14.5. The van der Waals surface area contributed by atoms with Crippen LogP contribution in [0.2, 0.25) is 0 Å². The predicted octanol–water partition coefficient (Wildman–Crippen LogP) is 2.11. The molecule has 0 saturated carbocycles. The summed E-state index contributed by atoms with van der Waals surface area (Å²) in [4.78, 5) is 25.8. The number of hydrogen-bond donors (Lipinski definition) is 1. The van der Waals surface area contributed by atoms with Crippen LogP contribution in [0.5, 0.6) is 5.75 Å². The molecule has 2 fully saturated rings. The molecular formula is C19H26N2O4. The Morgan fingerprint density at radius 2 is 1.96 bits per heavy atom. The first-order valence-corrected chi connectivity index (χ1v) is 9.07. The molecule has 2 heterocycles. The number of hydrogen-bond acceptors (Lipinski definition) is 4. The largest absolute Gasteiger partial charge is 0.491 e. The highest BCUT2D eigenvalue weighted by Crippen LogP contribution is 2.23. The van der Waals surface area contributed by atoms with Crippen molar-refractivity contribution in [3.63, 3.8) is 0 Å². The molecule has 0 bridgehead atoms. The second-order valence-electron chi connectivity index (χ2n) is 6.79. The summed E-state index contributed by atoms with van der Waals surface area (Å²) in [5.41, 5.74) is 5.94. The van der Waals surface area contributed by atoms with Gasteiger partial charge < -0.3 is 20.1 Å². The van der Waals surface area contributed by atoms with Gasteiger partial charge in [-0.2, -0.15) is 0 Å². The molecule has 25 heavy (non-hydrogen) atoms. The topological polar surface area (TPSA) is 81.9 Å². The standard InChI is InChI=1S/C19H26N2O4/c20-18(22)12-15-4-1-2-10-21(15)19(23)14-6-8-16(9-7-14)25-13-17-5-3-11-24-17/h6-9,15,17H,1-5,10-13H2,(H2,20,22). The van der Waals surface area contributed by atoms with Gasteiger partial charge in [0.15, 0.2) is 0 Å². The van der Waals surface area contributed by atoms with Crippen molar-refractivity contribution in [3.05, 3.63) is 29.8 Å². The number of benzene rings is 1. The van der Waals surface area contributed by atoms with E-state index in [0.717, 1.165) is 44.5 Å². The molecule has 2 atom stereocenters. The third-order valence-corrected chi connectivity index (χ3v) is 4.89. The predicted molar refractivity (Wildman–Crippen MR) is 93.4 cm³/mol. The van der Waals surface area contributed by atoms with Crippen molar-refractivity contribution >= 4 is 11.8 Å². The van der Waals surface area contributed by atoms with E-state index in [1.54, 1.807) is 17.0 Å². The lowest BCUT2D eigenvalue weighted by molar-refractivity contribution is -0.119. The monoisotopic (exact) mass is 346 g/mol. The fourth-order valence-electron chi connectivity index (χ4n) is 3.54. The summed E-state index contributed by atoms with van der Waals surface area (Å²) in [5, 5.41) is 0. The Morgan fingerprint density at radius 1 is 1.16 bits per heavy atom. The lowest BCUT2D eigenvalue weighted by atomic mass is 9.98. The maximum Gasteiger partial charge on any atom is 0.254 e. The van der Waals surface area contributed by atoms with Gasteiger partial charge in [0.05, 0.1) is 6.10 Å². The summed E-state index contributed by atoms with van der Waals surface area (Å²) < 4.78 is 11.3. The highest BCUT2D eigenvalue weighted by Gasteiger charge is 2.28. The SMILES string of the molecule is NC(=O)CC1CCCCN1C(=O)c1ccc(OCC2CCCO2)cc1. The van der Waals surface area contributed by atoms with E-state index in [0.29, 0.717) is 18.7 Å². The molecule has 6 heteroatoms. The molecule has 136 valence electrons. The van der Waals surface area contributed by atoms with Gasteiger partial charge in [0.1, 0.15) is 12.4 Å². The molecule has 1 aromatic carbocycles. The van der Waals surface area contributed by atoms with E-state index in [-0.39, 0.29) is 30.4 Å². The molecule has 0 spiro atoms. The fraction of sp³-hybridized carbons (Fsp3) is 0.579. The normalized spacial score (nSPS) is 23.4. The summed E-state index contributed by atoms with van der Waals surface area (Å²) in [6.07, 6.45) is 5.34. The maximum absolute atomic E-state index is 12.8. The minimum Gasteiger partial charge on any atom is -0.491 e. The van der Waals surface area contributed by atoms with Gasteiger partial charge >= 0.3 is 0 Å².